The van der Waals surface area contributed by atoms with E-state index in [4.69, 9.17) is 11.6 Å². The molecule has 2 aromatic carbocycles. The number of aryl methyl sites for hydroxylation is 2. The van der Waals surface area contributed by atoms with Gasteiger partial charge in [-0.1, -0.05) is 42.5 Å². The monoisotopic (exact) mass is 370 g/mol. The molecule has 2 aromatic rings. The summed E-state index contributed by atoms with van der Waals surface area (Å²) in [4.78, 5) is 0. The number of hydrogen-bond donors (Lipinski definition) is 0. The summed E-state index contributed by atoms with van der Waals surface area (Å²) in [5.74, 6) is 0. The molecule has 0 N–H and O–H groups in total. The minimum atomic E-state index is 0.0397. The molecule has 0 heterocycles. The Kier molecular flexibility index (Phi) is 4.68. The van der Waals surface area contributed by atoms with Crippen molar-refractivity contribution in [2.75, 3.05) is 0 Å². The Morgan fingerprint density at radius 2 is 1.67 bits per heavy atom. The lowest BCUT2D eigenvalue weighted by atomic mass is 9.99. The van der Waals surface area contributed by atoms with Crippen molar-refractivity contribution < 1.29 is 0 Å². The molecule has 18 heavy (non-hydrogen) atoms. The number of hydrogen-bond acceptors (Lipinski definition) is 0. The summed E-state index contributed by atoms with van der Waals surface area (Å²) in [5.41, 5.74) is 5.17. The van der Waals surface area contributed by atoms with Gasteiger partial charge in [0.05, 0.1) is 5.38 Å². The molecule has 0 fully saturated rings. The molecule has 2 heteroatoms. The van der Waals surface area contributed by atoms with Crippen LogP contribution in [0.25, 0.3) is 0 Å². The highest BCUT2D eigenvalue weighted by atomic mass is 127. The van der Waals surface area contributed by atoms with Crippen molar-refractivity contribution in [1.29, 1.82) is 0 Å². The van der Waals surface area contributed by atoms with E-state index in [2.05, 4.69) is 78.9 Å². The van der Waals surface area contributed by atoms with Crippen molar-refractivity contribution in [3.05, 3.63) is 68.3 Å². The standard InChI is InChI=1S/C16H16ClI/c1-11-6-3-4-8-13(11)10-15(17)14-9-5-7-12(2)16(14)18/h3-9,15H,10H2,1-2H3. The highest BCUT2D eigenvalue weighted by molar-refractivity contribution is 14.1. The van der Waals surface area contributed by atoms with Gasteiger partial charge < -0.3 is 0 Å². The molecule has 0 saturated heterocycles. The molecule has 0 bridgehead atoms. The van der Waals surface area contributed by atoms with Gasteiger partial charge in [0.1, 0.15) is 0 Å². The van der Waals surface area contributed by atoms with Gasteiger partial charge in [0.25, 0.3) is 0 Å². The topological polar surface area (TPSA) is 0 Å². The minimum Gasteiger partial charge on any atom is -0.117 e. The third kappa shape index (κ3) is 3.07. The Balaban J connectivity index is 2.25. The maximum absolute atomic E-state index is 6.59. The third-order valence-electron chi connectivity index (χ3n) is 3.22. The van der Waals surface area contributed by atoms with Gasteiger partial charge in [0.15, 0.2) is 0 Å². The molecule has 0 aliphatic heterocycles. The highest BCUT2D eigenvalue weighted by Gasteiger charge is 2.14. The molecule has 0 aromatic heterocycles. The van der Waals surface area contributed by atoms with E-state index in [1.165, 1.54) is 25.8 Å². The van der Waals surface area contributed by atoms with E-state index in [1.54, 1.807) is 0 Å². The SMILES string of the molecule is Cc1ccccc1CC(Cl)c1cccc(C)c1I. The first-order chi connectivity index (χ1) is 8.59. The van der Waals surface area contributed by atoms with Crippen LogP contribution in [-0.4, -0.2) is 0 Å². The van der Waals surface area contributed by atoms with Crippen LogP contribution in [0.5, 0.6) is 0 Å². The zero-order chi connectivity index (χ0) is 13.1. The number of halogens is 2. The normalized spacial score (nSPS) is 12.4. The molecule has 0 radical (unpaired) electrons. The molecule has 0 spiro atoms. The van der Waals surface area contributed by atoms with Crippen LogP contribution >= 0.6 is 34.2 Å². The van der Waals surface area contributed by atoms with E-state index in [0.717, 1.165) is 6.42 Å². The van der Waals surface area contributed by atoms with Crippen LogP contribution in [-0.2, 0) is 6.42 Å². The second kappa shape index (κ2) is 6.07. The van der Waals surface area contributed by atoms with E-state index in [9.17, 15) is 0 Å². The average molecular weight is 371 g/mol. The van der Waals surface area contributed by atoms with Crippen LogP contribution in [0.3, 0.4) is 0 Å². The largest absolute Gasteiger partial charge is 0.117 e. The minimum absolute atomic E-state index is 0.0397. The van der Waals surface area contributed by atoms with E-state index in [1.807, 2.05) is 0 Å². The molecule has 1 atom stereocenters. The van der Waals surface area contributed by atoms with Crippen molar-refractivity contribution in [1.82, 2.24) is 0 Å². The average Bonchev–Trinajstić information content (AvgIpc) is 2.35. The second-order valence-corrected chi connectivity index (χ2v) is 6.18. The zero-order valence-electron chi connectivity index (χ0n) is 10.6. The summed E-state index contributed by atoms with van der Waals surface area (Å²) in [6, 6.07) is 14.8. The van der Waals surface area contributed by atoms with Crippen molar-refractivity contribution >= 4 is 34.2 Å². The summed E-state index contributed by atoms with van der Waals surface area (Å²) in [5, 5.41) is 0.0397. The summed E-state index contributed by atoms with van der Waals surface area (Å²) >= 11 is 8.97. The molecule has 0 saturated carbocycles. The fourth-order valence-electron chi connectivity index (χ4n) is 2.05. The Labute approximate surface area is 128 Å². The molecule has 0 amide bonds. The van der Waals surface area contributed by atoms with Crippen LogP contribution < -0.4 is 0 Å². The maximum atomic E-state index is 6.59. The predicted molar refractivity (Wildman–Crippen MR) is 87.4 cm³/mol. The first kappa shape index (κ1) is 13.9. The van der Waals surface area contributed by atoms with Crippen LogP contribution in [0.2, 0.25) is 0 Å². The Morgan fingerprint density at radius 1 is 1.00 bits per heavy atom. The van der Waals surface area contributed by atoms with E-state index in [-0.39, 0.29) is 5.38 Å². The molecule has 94 valence electrons. The van der Waals surface area contributed by atoms with Gasteiger partial charge in [-0.3, -0.25) is 0 Å². The fourth-order valence-corrected chi connectivity index (χ4v) is 3.32. The van der Waals surface area contributed by atoms with Crippen LogP contribution in [0.4, 0.5) is 0 Å². The molecule has 0 nitrogen and oxygen atoms in total. The van der Waals surface area contributed by atoms with Crippen molar-refractivity contribution in [2.24, 2.45) is 0 Å². The smallest absolute Gasteiger partial charge is 0.0636 e. The van der Waals surface area contributed by atoms with Crippen molar-refractivity contribution in [2.45, 2.75) is 25.6 Å². The fraction of sp³-hybridized carbons (Fsp3) is 0.250. The van der Waals surface area contributed by atoms with E-state index in [0.29, 0.717) is 0 Å². The molecule has 0 aliphatic carbocycles. The Hall–Kier alpha value is -0.540. The maximum Gasteiger partial charge on any atom is 0.0636 e. The Bertz CT molecular complexity index is 549. The van der Waals surface area contributed by atoms with Gasteiger partial charge in [-0.2, -0.15) is 0 Å². The van der Waals surface area contributed by atoms with Crippen molar-refractivity contribution in [3.8, 4) is 0 Å². The summed E-state index contributed by atoms with van der Waals surface area (Å²) in [6.07, 6.45) is 0.883. The second-order valence-electron chi connectivity index (χ2n) is 4.58. The molecule has 2 rings (SSSR count). The first-order valence-corrected chi connectivity index (χ1v) is 7.54. The van der Waals surface area contributed by atoms with Crippen LogP contribution in [0.15, 0.2) is 42.5 Å². The highest BCUT2D eigenvalue weighted by Crippen LogP contribution is 2.31. The first-order valence-electron chi connectivity index (χ1n) is 6.03. The molecule has 1 unspecified atom stereocenters. The van der Waals surface area contributed by atoms with Crippen LogP contribution in [0.1, 0.15) is 27.6 Å². The lowest BCUT2D eigenvalue weighted by Gasteiger charge is -2.14. The lowest BCUT2D eigenvalue weighted by Crippen LogP contribution is -2.01. The summed E-state index contributed by atoms with van der Waals surface area (Å²) in [6.45, 7) is 4.27. The molecular formula is C16H16ClI. The zero-order valence-corrected chi connectivity index (χ0v) is 13.5. The third-order valence-corrected chi connectivity index (χ3v) is 5.08. The molecule has 0 aliphatic rings. The summed E-state index contributed by atoms with van der Waals surface area (Å²) < 4.78 is 1.28. The number of alkyl halides is 1. The quantitative estimate of drug-likeness (QED) is 0.499. The van der Waals surface area contributed by atoms with Gasteiger partial charge in [-0.15, -0.1) is 11.6 Å². The van der Waals surface area contributed by atoms with Gasteiger partial charge in [-0.25, -0.2) is 0 Å². The number of benzene rings is 2. The summed E-state index contributed by atoms with van der Waals surface area (Å²) in [7, 11) is 0. The van der Waals surface area contributed by atoms with Gasteiger partial charge in [-0.05, 0) is 65.1 Å². The van der Waals surface area contributed by atoms with Crippen molar-refractivity contribution in [3.63, 3.8) is 0 Å². The van der Waals surface area contributed by atoms with Crippen LogP contribution in [0, 0.1) is 17.4 Å². The van der Waals surface area contributed by atoms with Gasteiger partial charge in [0.2, 0.25) is 0 Å². The molecular weight excluding hydrogens is 355 g/mol. The van der Waals surface area contributed by atoms with Gasteiger partial charge >= 0.3 is 0 Å². The predicted octanol–water partition coefficient (Wildman–Crippen LogP) is 5.43. The lowest BCUT2D eigenvalue weighted by molar-refractivity contribution is 0.903. The number of rotatable bonds is 3. The van der Waals surface area contributed by atoms with Gasteiger partial charge in [0, 0.05) is 3.57 Å². The van der Waals surface area contributed by atoms with E-state index >= 15 is 0 Å². The van der Waals surface area contributed by atoms with E-state index < -0.39 is 0 Å². The Morgan fingerprint density at radius 3 is 2.39 bits per heavy atom.